The van der Waals surface area contributed by atoms with Gasteiger partial charge in [-0.15, -0.1) is 0 Å². The number of carbonyl (C=O) groups is 1. The first-order chi connectivity index (χ1) is 7.68. The molecule has 1 aliphatic heterocycles. The fourth-order valence-electron chi connectivity index (χ4n) is 2.23. The second-order valence-corrected chi connectivity index (χ2v) is 4.20. The molecule has 1 aliphatic rings. The largest absolute Gasteiger partial charge is 0.391 e. The molecule has 1 N–H and O–H groups in total. The van der Waals surface area contributed by atoms with Crippen LogP contribution in [0.3, 0.4) is 0 Å². The lowest BCUT2D eigenvalue weighted by Gasteiger charge is -2.25. The highest BCUT2D eigenvalue weighted by Gasteiger charge is 2.34. The molecular formula is C12H16N2O2. The van der Waals surface area contributed by atoms with E-state index in [1.165, 1.54) is 0 Å². The van der Waals surface area contributed by atoms with Crippen LogP contribution in [0.25, 0.3) is 0 Å². The van der Waals surface area contributed by atoms with Gasteiger partial charge in [-0.1, -0.05) is 0 Å². The summed E-state index contributed by atoms with van der Waals surface area (Å²) in [5.41, 5.74) is 1.10. The number of pyridine rings is 1. The van der Waals surface area contributed by atoms with Gasteiger partial charge in [0.1, 0.15) is 0 Å². The van der Waals surface area contributed by atoms with Crippen LogP contribution in [-0.4, -0.2) is 39.6 Å². The molecule has 1 fully saturated rings. The zero-order valence-electron chi connectivity index (χ0n) is 9.34. The molecular weight excluding hydrogens is 204 g/mol. The molecule has 4 nitrogen and oxygen atoms in total. The standard InChI is InChI=1S/C12H16N2O2/c1-9(15)14-7-4-12(16)11(14)8-10-2-5-13-6-3-10/h2-3,5-6,11-12,16H,4,7-8H2,1H3/t11-,12-/m0/s1. The molecule has 2 atom stereocenters. The molecule has 0 bridgehead atoms. The molecule has 0 aromatic carbocycles. The Hall–Kier alpha value is -1.42. The van der Waals surface area contributed by atoms with Crippen molar-refractivity contribution in [2.45, 2.75) is 31.9 Å². The van der Waals surface area contributed by atoms with Crippen LogP contribution in [0.2, 0.25) is 0 Å². The highest BCUT2D eigenvalue weighted by atomic mass is 16.3. The SMILES string of the molecule is CC(=O)N1CC[C@H](O)[C@@H]1Cc1ccncc1. The normalized spacial score (nSPS) is 24.8. The quantitative estimate of drug-likeness (QED) is 0.794. The number of nitrogens with zero attached hydrogens (tertiary/aromatic N) is 2. The van der Waals surface area contributed by atoms with E-state index in [9.17, 15) is 9.90 Å². The van der Waals surface area contributed by atoms with Gasteiger partial charge in [0.05, 0.1) is 12.1 Å². The maximum absolute atomic E-state index is 11.4. The summed E-state index contributed by atoms with van der Waals surface area (Å²) < 4.78 is 0. The number of aliphatic hydroxyl groups excluding tert-OH is 1. The minimum absolute atomic E-state index is 0.0376. The lowest BCUT2D eigenvalue weighted by atomic mass is 10.0. The number of likely N-dealkylation sites (tertiary alicyclic amines) is 1. The Balaban J connectivity index is 2.10. The van der Waals surface area contributed by atoms with Crippen LogP contribution < -0.4 is 0 Å². The lowest BCUT2D eigenvalue weighted by Crippen LogP contribution is -2.39. The molecule has 1 aromatic heterocycles. The maximum atomic E-state index is 11.4. The van der Waals surface area contributed by atoms with Gasteiger partial charge in [-0.25, -0.2) is 0 Å². The molecule has 2 heterocycles. The van der Waals surface area contributed by atoms with Crippen LogP contribution >= 0.6 is 0 Å². The number of aromatic nitrogens is 1. The Morgan fingerprint density at radius 2 is 2.25 bits per heavy atom. The molecule has 2 rings (SSSR count). The van der Waals surface area contributed by atoms with Gasteiger partial charge in [-0.3, -0.25) is 9.78 Å². The highest BCUT2D eigenvalue weighted by molar-refractivity contribution is 5.74. The smallest absolute Gasteiger partial charge is 0.219 e. The maximum Gasteiger partial charge on any atom is 0.219 e. The molecule has 1 aromatic rings. The van der Waals surface area contributed by atoms with E-state index < -0.39 is 6.10 Å². The Bertz CT molecular complexity index is 367. The molecule has 0 unspecified atom stereocenters. The average molecular weight is 220 g/mol. The average Bonchev–Trinajstić information content (AvgIpc) is 2.62. The Morgan fingerprint density at radius 1 is 1.56 bits per heavy atom. The van der Waals surface area contributed by atoms with Gasteiger partial charge in [0.15, 0.2) is 0 Å². The van der Waals surface area contributed by atoms with Gasteiger partial charge in [-0.05, 0) is 30.5 Å². The summed E-state index contributed by atoms with van der Waals surface area (Å²) >= 11 is 0. The minimum Gasteiger partial charge on any atom is -0.391 e. The van der Waals surface area contributed by atoms with Crippen molar-refractivity contribution in [2.75, 3.05) is 6.54 Å². The van der Waals surface area contributed by atoms with E-state index >= 15 is 0 Å². The molecule has 16 heavy (non-hydrogen) atoms. The molecule has 0 radical (unpaired) electrons. The fourth-order valence-corrected chi connectivity index (χ4v) is 2.23. The Morgan fingerprint density at radius 3 is 2.88 bits per heavy atom. The third-order valence-corrected chi connectivity index (χ3v) is 3.11. The Kier molecular flexibility index (Phi) is 3.19. The van der Waals surface area contributed by atoms with Crippen molar-refractivity contribution in [1.82, 2.24) is 9.88 Å². The second-order valence-electron chi connectivity index (χ2n) is 4.20. The van der Waals surface area contributed by atoms with Crippen LogP contribution in [0.15, 0.2) is 24.5 Å². The summed E-state index contributed by atoms with van der Waals surface area (Å²) in [6.45, 7) is 2.21. The van der Waals surface area contributed by atoms with Crippen molar-refractivity contribution in [3.8, 4) is 0 Å². The van der Waals surface area contributed by atoms with Gasteiger partial charge in [-0.2, -0.15) is 0 Å². The van der Waals surface area contributed by atoms with Gasteiger partial charge < -0.3 is 10.0 Å². The molecule has 0 spiro atoms. The van der Waals surface area contributed by atoms with Gasteiger partial charge in [0.2, 0.25) is 5.91 Å². The van der Waals surface area contributed by atoms with Crippen LogP contribution in [0.5, 0.6) is 0 Å². The van der Waals surface area contributed by atoms with Crippen LogP contribution in [0.4, 0.5) is 0 Å². The van der Waals surface area contributed by atoms with E-state index in [-0.39, 0.29) is 11.9 Å². The molecule has 86 valence electrons. The first kappa shape index (κ1) is 11.1. The predicted molar refractivity (Wildman–Crippen MR) is 59.7 cm³/mol. The lowest BCUT2D eigenvalue weighted by molar-refractivity contribution is -0.130. The highest BCUT2D eigenvalue weighted by Crippen LogP contribution is 2.21. The topological polar surface area (TPSA) is 53.4 Å². The summed E-state index contributed by atoms with van der Waals surface area (Å²) in [7, 11) is 0. The van der Waals surface area contributed by atoms with Crippen molar-refractivity contribution in [2.24, 2.45) is 0 Å². The molecule has 0 saturated carbocycles. The van der Waals surface area contributed by atoms with Crippen molar-refractivity contribution < 1.29 is 9.90 Å². The molecule has 1 amide bonds. The van der Waals surface area contributed by atoms with Gasteiger partial charge in [0, 0.05) is 25.9 Å². The van der Waals surface area contributed by atoms with E-state index in [4.69, 9.17) is 0 Å². The summed E-state index contributed by atoms with van der Waals surface area (Å²) in [5.74, 6) is 0.0376. The first-order valence-electron chi connectivity index (χ1n) is 5.52. The summed E-state index contributed by atoms with van der Waals surface area (Å²) in [5, 5.41) is 9.86. The number of hydrogen-bond donors (Lipinski definition) is 1. The number of amides is 1. The van der Waals surface area contributed by atoms with Crippen LogP contribution in [-0.2, 0) is 11.2 Å². The first-order valence-corrected chi connectivity index (χ1v) is 5.52. The van der Waals surface area contributed by atoms with E-state index in [0.717, 1.165) is 5.56 Å². The summed E-state index contributed by atoms with van der Waals surface area (Å²) in [6, 6.07) is 3.76. The fraction of sp³-hybridized carbons (Fsp3) is 0.500. The van der Waals surface area contributed by atoms with Gasteiger partial charge >= 0.3 is 0 Å². The molecule has 0 aliphatic carbocycles. The number of hydrogen-bond acceptors (Lipinski definition) is 3. The summed E-state index contributed by atoms with van der Waals surface area (Å²) in [4.78, 5) is 17.1. The zero-order chi connectivity index (χ0) is 11.5. The third kappa shape index (κ3) is 2.22. The van der Waals surface area contributed by atoms with Crippen molar-refractivity contribution in [3.63, 3.8) is 0 Å². The van der Waals surface area contributed by atoms with E-state index in [0.29, 0.717) is 19.4 Å². The minimum atomic E-state index is -0.405. The predicted octanol–water partition coefficient (Wildman–Crippen LogP) is 0.606. The Labute approximate surface area is 94.9 Å². The van der Waals surface area contributed by atoms with E-state index in [1.54, 1.807) is 24.2 Å². The number of rotatable bonds is 2. The summed E-state index contributed by atoms with van der Waals surface area (Å²) in [6.07, 6.45) is 4.43. The third-order valence-electron chi connectivity index (χ3n) is 3.11. The number of aliphatic hydroxyl groups is 1. The second kappa shape index (κ2) is 4.61. The van der Waals surface area contributed by atoms with Crippen molar-refractivity contribution in [1.29, 1.82) is 0 Å². The monoisotopic (exact) mass is 220 g/mol. The van der Waals surface area contributed by atoms with Crippen LogP contribution in [0.1, 0.15) is 18.9 Å². The zero-order valence-corrected chi connectivity index (χ0v) is 9.34. The van der Waals surface area contributed by atoms with E-state index in [2.05, 4.69) is 4.98 Å². The van der Waals surface area contributed by atoms with Crippen LogP contribution in [0, 0.1) is 0 Å². The van der Waals surface area contributed by atoms with Crippen molar-refractivity contribution in [3.05, 3.63) is 30.1 Å². The van der Waals surface area contributed by atoms with Crippen molar-refractivity contribution >= 4 is 5.91 Å². The molecule has 1 saturated heterocycles. The van der Waals surface area contributed by atoms with E-state index in [1.807, 2.05) is 12.1 Å². The van der Waals surface area contributed by atoms with Gasteiger partial charge in [0.25, 0.3) is 0 Å². The molecule has 4 heteroatoms. The number of carbonyl (C=O) groups excluding carboxylic acids is 1.